The smallest absolute Gasteiger partial charge is 0.186 e. The first-order chi connectivity index (χ1) is 27.6. The Morgan fingerprint density at radius 1 is 0.393 bits per heavy atom. The Morgan fingerprint density at radius 2 is 0.804 bits per heavy atom. The molecule has 0 unspecified atom stereocenters. The highest BCUT2D eigenvalue weighted by molar-refractivity contribution is 6.35. The van der Waals surface area contributed by atoms with Crippen molar-refractivity contribution in [3.05, 3.63) is 186 Å². The van der Waals surface area contributed by atoms with Crippen LogP contribution in [0.15, 0.2) is 158 Å². The molecule has 7 aromatic rings. The number of hydrogen-bond acceptors (Lipinski definition) is 4. The lowest BCUT2D eigenvalue weighted by atomic mass is 9.93. The molecule has 10 rings (SSSR count). The topological polar surface area (TPSA) is 91.5 Å². The van der Waals surface area contributed by atoms with Crippen molar-refractivity contribution >= 4 is 63.5 Å². The number of aromatic amines is 2. The van der Waals surface area contributed by atoms with Crippen LogP contribution in [0.25, 0.3) is 96.5 Å². The molecule has 8 bridgehead atoms. The van der Waals surface area contributed by atoms with Crippen molar-refractivity contribution < 1.29 is 9.59 Å². The van der Waals surface area contributed by atoms with Crippen LogP contribution in [0, 0.1) is 0 Å². The predicted molar refractivity (Wildman–Crippen MR) is 228 cm³/mol. The van der Waals surface area contributed by atoms with Gasteiger partial charge in [0.05, 0.1) is 28.3 Å². The highest BCUT2D eigenvalue weighted by Crippen LogP contribution is 2.41. The average molecular weight is 721 g/mol. The lowest BCUT2D eigenvalue weighted by Crippen LogP contribution is -2.06. The monoisotopic (exact) mass is 720 g/mol. The Balaban J connectivity index is 1.45. The maximum absolute atomic E-state index is 13.7. The van der Waals surface area contributed by atoms with Crippen molar-refractivity contribution in [2.45, 2.75) is 0 Å². The largest absolute Gasteiger partial charge is 0.354 e. The summed E-state index contributed by atoms with van der Waals surface area (Å²) in [7, 11) is 0. The second-order valence-corrected chi connectivity index (χ2v) is 13.8. The molecule has 3 aliphatic rings. The molecule has 1 aliphatic carbocycles. The van der Waals surface area contributed by atoms with Gasteiger partial charge in [-0.2, -0.15) is 0 Å². The van der Waals surface area contributed by atoms with Gasteiger partial charge in [-0.15, -0.1) is 0 Å². The van der Waals surface area contributed by atoms with Gasteiger partial charge in [-0.3, -0.25) is 9.59 Å². The molecular formula is C50H32N4O2. The number of hydrogen-bond donors (Lipinski definition) is 2. The first-order valence-corrected chi connectivity index (χ1v) is 18.5. The quantitative estimate of drug-likeness (QED) is 0.173. The molecule has 3 aromatic heterocycles. The zero-order valence-corrected chi connectivity index (χ0v) is 30.0. The second kappa shape index (κ2) is 13.6. The van der Waals surface area contributed by atoms with Crippen molar-refractivity contribution in [2.24, 2.45) is 0 Å². The molecular weight excluding hydrogens is 689 g/mol. The molecule has 6 nitrogen and oxygen atoms in total. The maximum atomic E-state index is 13.7. The van der Waals surface area contributed by atoms with Gasteiger partial charge >= 0.3 is 0 Å². The first-order valence-electron chi connectivity index (χ1n) is 18.5. The number of nitrogens with zero attached hydrogens (tertiary/aromatic N) is 2. The van der Waals surface area contributed by atoms with Crippen LogP contribution in [-0.2, 0) is 9.59 Å². The van der Waals surface area contributed by atoms with Crippen LogP contribution in [0.3, 0.4) is 0 Å². The SMILES string of the molecule is O=C1C=CC(=O)C(c2cc3[nH]c2c(-c2ccccc2)c2nc(c(-c4ccccc4)c4ccc([nH]4)c(-c4ccccc4)c4nc(c3-c3ccccc3)C=C4)C=C2)=C1. The van der Waals surface area contributed by atoms with Crippen molar-refractivity contribution in [3.63, 3.8) is 0 Å². The van der Waals surface area contributed by atoms with E-state index in [9.17, 15) is 9.59 Å². The molecule has 0 fully saturated rings. The average Bonchev–Trinajstić information content (AvgIpc) is 4.08. The second-order valence-electron chi connectivity index (χ2n) is 13.8. The number of fused-ring (bicyclic) bond motifs is 8. The van der Waals surface area contributed by atoms with Crippen molar-refractivity contribution in [3.8, 4) is 44.5 Å². The summed E-state index contributed by atoms with van der Waals surface area (Å²) < 4.78 is 0. The van der Waals surface area contributed by atoms with Crippen LogP contribution in [0.2, 0.25) is 0 Å². The van der Waals surface area contributed by atoms with Gasteiger partial charge in [0.2, 0.25) is 0 Å². The molecule has 0 atom stereocenters. The molecule has 0 amide bonds. The summed E-state index contributed by atoms with van der Waals surface area (Å²) in [6, 6.07) is 47.0. The molecule has 264 valence electrons. The van der Waals surface area contributed by atoms with Crippen LogP contribution >= 0.6 is 0 Å². The Morgan fingerprint density at radius 3 is 1.27 bits per heavy atom. The third-order valence-corrected chi connectivity index (χ3v) is 10.4. The number of nitrogens with one attached hydrogen (secondary N) is 2. The molecule has 4 aromatic carbocycles. The zero-order chi connectivity index (χ0) is 37.6. The third-order valence-electron chi connectivity index (χ3n) is 10.4. The highest BCUT2D eigenvalue weighted by Gasteiger charge is 2.24. The Kier molecular flexibility index (Phi) is 8.00. The summed E-state index contributed by atoms with van der Waals surface area (Å²) in [5.74, 6) is -0.488. The van der Waals surface area contributed by atoms with E-state index in [0.29, 0.717) is 22.3 Å². The molecule has 0 saturated heterocycles. The zero-order valence-electron chi connectivity index (χ0n) is 30.0. The summed E-state index contributed by atoms with van der Waals surface area (Å²) in [6.45, 7) is 0. The van der Waals surface area contributed by atoms with Crippen LogP contribution < -0.4 is 0 Å². The van der Waals surface area contributed by atoms with Gasteiger partial charge < -0.3 is 9.97 Å². The van der Waals surface area contributed by atoms with E-state index in [0.717, 1.165) is 78.1 Å². The van der Waals surface area contributed by atoms with Gasteiger partial charge in [0, 0.05) is 49.9 Å². The minimum atomic E-state index is -0.245. The number of rotatable bonds is 5. The summed E-state index contributed by atoms with van der Waals surface area (Å²) in [6.07, 6.45) is 12.3. The summed E-state index contributed by atoms with van der Waals surface area (Å²) in [4.78, 5) is 44.9. The fourth-order valence-electron chi connectivity index (χ4n) is 7.85. The normalized spacial score (nSPS) is 13.3. The van der Waals surface area contributed by atoms with Crippen LogP contribution in [0.5, 0.6) is 0 Å². The third kappa shape index (κ3) is 5.77. The van der Waals surface area contributed by atoms with E-state index in [-0.39, 0.29) is 11.6 Å². The summed E-state index contributed by atoms with van der Waals surface area (Å²) in [5, 5.41) is 0. The fourth-order valence-corrected chi connectivity index (χ4v) is 7.85. The molecule has 0 saturated carbocycles. The highest BCUT2D eigenvalue weighted by atomic mass is 16.1. The number of allylic oxidation sites excluding steroid dienone is 4. The molecule has 2 N–H and O–H groups in total. The number of carbonyl (C=O) groups is 2. The minimum Gasteiger partial charge on any atom is -0.354 e. The predicted octanol–water partition coefficient (Wildman–Crippen LogP) is 11.4. The van der Waals surface area contributed by atoms with Gasteiger partial charge in [0.25, 0.3) is 0 Å². The van der Waals surface area contributed by atoms with E-state index in [4.69, 9.17) is 9.97 Å². The molecule has 56 heavy (non-hydrogen) atoms. The molecule has 0 radical (unpaired) electrons. The fraction of sp³-hybridized carbons (Fsp3) is 0. The van der Waals surface area contributed by atoms with Crippen molar-refractivity contribution in [1.82, 2.24) is 19.9 Å². The van der Waals surface area contributed by atoms with Crippen molar-refractivity contribution in [2.75, 3.05) is 0 Å². The number of benzene rings is 4. The number of H-pyrrole nitrogens is 2. The summed E-state index contributed by atoms with van der Waals surface area (Å²) in [5.41, 5.74) is 14.6. The maximum Gasteiger partial charge on any atom is 0.186 e. The van der Waals surface area contributed by atoms with E-state index in [1.807, 2.05) is 109 Å². The Bertz CT molecular complexity index is 3020. The van der Waals surface area contributed by atoms with Crippen LogP contribution in [0.4, 0.5) is 0 Å². The van der Waals surface area contributed by atoms with Gasteiger partial charge in [-0.25, -0.2) is 9.97 Å². The number of ketones is 2. The van der Waals surface area contributed by atoms with Gasteiger partial charge in [0.1, 0.15) is 0 Å². The van der Waals surface area contributed by atoms with E-state index >= 15 is 0 Å². The molecule has 2 aliphatic heterocycles. The minimum absolute atomic E-state index is 0.243. The standard InChI is InChI=1S/C50H32N4O2/c55-35-21-28-45(56)36(29-35)37-30-44-48(33-17-9-3-10-18-33)42-25-24-40(52-42)46(31-13-5-1-6-14-31)38-22-23-39(51-38)47(32-15-7-2-8-16-32)41-26-27-43(53-41)49(50(37)54-44)34-19-11-4-12-20-34/h1-30,51,54H. The summed E-state index contributed by atoms with van der Waals surface area (Å²) >= 11 is 0. The van der Waals surface area contributed by atoms with E-state index in [1.54, 1.807) is 0 Å². The molecule has 0 spiro atoms. The molecule has 6 heteroatoms. The van der Waals surface area contributed by atoms with E-state index in [1.165, 1.54) is 18.2 Å². The van der Waals surface area contributed by atoms with E-state index in [2.05, 4.69) is 64.6 Å². The van der Waals surface area contributed by atoms with Crippen LogP contribution in [-0.4, -0.2) is 31.5 Å². The van der Waals surface area contributed by atoms with Crippen LogP contribution in [0.1, 0.15) is 28.3 Å². The van der Waals surface area contributed by atoms with E-state index < -0.39 is 0 Å². The lowest BCUT2D eigenvalue weighted by Gasteiger charge is -2.09. The number of aromatic nitrogens is 4. The number of carbonyl (C=O) groups excluding carboxylic acids is 2. The van der Waals surface area contributed by atoms with Gasteiger partial charge in [0.15, 0.2) is 11.6 Å². The Hall–Kier alpha value is -7.70. The van der Waals surface area contributed by atoms with Gasteiger partial charge in [-0.1, -0.05) is 121 Å². The first kappa shape index (κ1) is 32.9. The van der Waals surface area contributed by atoms with Gasteiger partial charge in [-0.05, 0) is 83.0 Å². The lowest BCUT2D eigenvalue weighted by molar-refractivity contribution is -0.113. The van der Waals surface area contributed by atoms with Crippen molar-refractivity contribution in [1.29, 1.82) is 0 Å². The Labute approximate surface area is 322 Å². The molecule has 5 heterocycles.